The van der Waals surface area contributed by atoms with Gasteiger partial charge < -0.3 is 50.6 Å². The minimum absolute atomic E-state index is 0.00275. The van der Waals surface area contributed by atoms with E-state index in [0.717, 1.165) is 39.8 Å². The minimum Gasteiger partial charge on any atom is -0.506 e. The third kappa shape index (κ3) is 11.4. The van der Waals surface area contributed by atoms with Gasteiger partial charge in [-0.3, -0.25) is 14.4 Å². The molecule has 5 amide bonds. The van der Waals surface area contributed by atoms with Gasteiger partial charge in [-0.05, 0) is 77.2 Å². The van der Waals surface area contributed by atoms with Crippen LogP contribution >= 0.6 is 0 Å². The molecule has 19 heteroatoms. The number of hydrogen-bond acceptors (Lipinski definition) is 12. The number of aliphatic hydroxyl groups is 1. The zero-order valence-electron chi connectivity index (χ0n) is 35.0. The number of alkyl carbamates (subject to hydrolysis) is 2. The molecule has 0 unspecified atom stereocenters. The average molecular weight is 877 g/mol. The van der Waals surface area contributed by atoms with E-state index in [9.17, 15) is 39.0 Å². The van der Waals surface area contributed by atoms with Crippen molar-refractivity contribution in [2.75, 3.05) is 32.1 Å². The molecule has 1 heterocycles. The summed E-state index contributed by atoms with van der Waals surface area (Å²) in [4.78, 5) is 83.0. The summed E-state index contributed by atoms with van der Waals surface area (Å²) in [5, 5.41) is 35.0. The van der Waals surface area contributed by atoms with Gasteiger partial charge in [0.2, 0.25) is 17.7 Å². The number of rotatable bonds is 17. The first-order valence-electron chi connectivity index (χ1n) is 20.5. The Morgan fingerprint density at radius 2 is 1.55 bits per heavy atom. The number of aliphatic hydroxyl groups excluding tert-OH is 1. The Kier molecular flexibility index (Phi) is 15.4. The smallest absolute Gasteiger partial charge is 0.407 e. The number of carbonyl (C=O) groups excluding carboxylic acids is 6. The SMILES string of the molecule is COC(=O)[C@@H]1C[C@H](N=[N+]=[N-])CN1C(=O)[C@@H](NC(=O)[C@H](CCc1ccc(O)c(NC(=O)CNC(=O)OCc2ccccc2)c1)NC(=O)OCC1c2ccccc2-c2ccccc21)[C@@H](C)O. The van der Waals surface area contributed by atoms with Gasteiger partial charge in [0.1, 0.15) is 43.6 Å². The summed E-state index contributed by atoms with van der Waals surface area (Å²) >= 11 is 0. The lowest BCUT2D eigenvalue weighted by molar-refractivity contribution is -0.153. The van der Waals surface area contributed by atoms with Crippen molar-refractivity contribution in [1.82, 2.24) is 20.9 Å². The third-order valence-corrected chi connectivity index (χ3v) is 10.9. The minimum atomic E-state index is -1.61. The predicted molar refractivity (Wildman–Crippen MR) is 230 cm³/mol. The van der Waals surface area contributed by atoms with Gasteiger partial charge in [-0.15, -0.1) is 0 Å². The summed E-state index contributed by atoms with van der Waals surface area (Å²) in [7, 11) is 1.13. The van der Waals surface area contributed by atoms with E-state index in [2.05, 4.69) is 31.3 Å². The number of benzene rings is 4. The summed E-state index contributed by atoms with van der Waals surface area (Å²) in [6.45, 7) is 0.532. The second kappa shape index (κ2) is 21.4. The predicted octanol–water partition coefficient (Wildman–Crippen LogP) is 4.42. The standard InChI is InChI=1S/C45H48N8O11/c1-26(54)40(42(58)53-23-29(51-52-46)21-37(53)43(59)62-2)50-41(57)35(49-45(61)64-25-34-32-14-8-6-12-30(32)31-13-7-9-15-33(31)34)18-16-27-17-19-38(55)36(20-27)48-39(56)22-47-44(60)63-24-28-10-4-3-5-11-28/h3-15,17,19-20,26,29,34-35,37,40,54-55H,16,18,21-25H2,1-2H3,(H,47,60)(H,48,56)(H,49,61)(H,50,57)/t26-,29+,35+,37+,40+/m1/s1. The Bertz CT molecular complexity index is 2360. The summed E-state index contributed by atoms with van der Waals surface area (Å²) in [5.41, 5.74) is 14.2. The van der Waals surface area contributed by atoms with E-state index in [1.165, 1.54) is 25.1 Å². The molecule has 1 saturated heterocycles. The number of phenolic OH excluding ortho intramolecular Hbond substituents is 1. The first-order valence-corrected chi connectivity index (χ1v) is 20.5. The van der Waals surface area contributed by atoms with Crippen LogP contribution in [0.4, 0.5) is 15.3 Å². The molecule has 0 saturated carbocycles. The molecule has 1 fully saturated rings. The van der Waals surface area contributed by atoms with Gasteiger partial charge in [-0.1, -0.05) is 90.0 Å². The van der Waals surface area contributed by atoms with Crippen molar-refractivity contribution < 1.29 is 53.2 Å². The second-order valence-electron chi connectivity index (χ2n) is 15.2. The normalized spacial score (nSPS) is 16.4. The van der Waals surface area contributed by atoms with Gasteiger partial charge in [0.05, 0.1) is 24.9 Å². The fourth-order valence-corrected chi connectivity index (χ4v) is 7.72. The van der Waals surface area contributed by atoms with Gasteiger partial charge in [0.15, 0.2) is 0 Å². The number of methoxy groups -OCH3 is 1. The number of nitrogens with one attached hydrogen (secondary N) is 4. The molecule has 334 valence electrons. The highest BCUT2D eigenvalue weighted by molar-refractivity contribution is 5.95. The molecule has 0 aromatic heterocycles. The van der Waals surface area contributed by atoms with Crippen molar-refractivity contribution in [1.29, 1.82) is 0 Å². The lowest BCUT2D eigenvalue weighted by Gasteiger charge is -2.30. The number of carbonyl (C=O) groups is 6. The van der Waals surface area contributed by atoms with Crippen molar-refractivity contribution in [2.24, 2.45) is 5.11 Å². The van der Waals surface area contributed by atoms with E-state index in [4.69, 9.17) is 19.7 Å². The van der Waals surface area contributed by atoms with Crippen molar-refractivity contribution in [3.8, 4) is 16.9 Å². The molecule has 1 aliphatic heterocycles. The molecule has 19 nitrogen and oxygen atoms in total. The molecule has 4 aromatic carbocycles. The van der Waals surface area contributed by atoms with Gasteiger partial charge in [0, 0.05) is 17.4 Å². The molecule has 4 aromatic rings. The molecule has 1 aliphatic carbocycles. The summed E-state index contributed by atoms with van der Waals surface area (Å²) in [5.74, 6) is -3.77. The Balaban J connectivity index is 1.15. The highest BCUT2D eigenvalue weighted by atomic mass is 16.6. The number of amides is 5. The van der Waals surface area contributed by atoms with E-state index >= 15 is 0 Å². The molecule has 5 atom stereocenters. The number of fused-ring (bicyclic) bond motifs is 3. The molecule has 6 rings (SSSR count). The zero-order valence-corrected chi connectivity index (χ0v) is 35.0. The van der Waals surface area contributed by atoms with Crippen LogP contribution in [-0.4, -0.2) is 108 Å². The lowest BCUT2D eigenvalue weighted by atomic mass is 9.98. The number of azide groups is 1. The van der Waals surface area contributed by atoms with Gasteiger partial charge in [-0.25, -0.2) is 14.4 Å². The second-order valence-corrected chi connectivity index (χ2v) is 15.2. The number of esters is 1. The molecule has 0 radical (unpaired) electrons. The molecule has 0 spiro atoms. The molecule has 64 heavy (non-hydrogen) atoms. The zero-order chi connectivity index (χ0) is 45.8. The van der Waals surface area contributed by atoms with Gasteiger partial charge in [-0.2, -0.15) is 0 Å². The molecular formula is C45H48N8O11. The quantitative estimate of drug-likeness (QED) is 0.0216. The number of phenols is 1. The van der Waals surface area contributed by atoms with E-state index in [1.807, 2.05) is 54.6 Å². The first-order chi connectivity index (χ1) is 30.9. The number of nitrogens with zero attached hydrogens (tertiary/aromatic N) is 4. The maximum Gasteiger partial charge on any atom is 0.407 e. The molecule has 0 bridgehead atoms. The van der Waals surface area contributed by atoms with Crippen LogP contribution < -0.4 is 21.3 Å². The summed E-state index contributed by atoms with van der Waals surface area (Å²) < 4.78 is 15.7. The number of ether oxygens (including phenoxy) is 3. The van der Waals surface area contributed by atoms with Crippen LogP contribution in [0, 0.1) is 0 Å². The van der Waals surface area contributed by atoms with Crippen LogP contribution in [0.5, 0.6) is 5.75 Å². The van der Waals surface area contributed by atoms with Crippen molar-refractivity contribution in [3.05, 3.63) is 130 Å². The van der Waals surface area contributed by atoms with Crippen molar-refractivity contribution in [2.45, 2.75) is 69.0 Å². The topological polar surface area (TPSA) is 271 Å². The molecule has 2 aliphatic rings. The lowest BCUT2D eigenvalue weighted by Crippen LogP contribution is -2.59. The molecular weight excluding hydrogens is 829 g/mol. The first kappa shape index (κ1) is 45.9. The van der Waals surface area contributed by atoms with E-state index < -0.39 is 72.7 Å². The van der Waals surface area contributed by atoms with Crippen LogP contribution in [0.15, 0.2) is 102 Å². The largest absolute Gasteiger partial charge is 0.506 e. The number of aromatic hydroxyl groups is 1. The fraction of sp³-hybridized carbons (Fsp3) is 0.333. The highest BCUT2D eigenvalue weighted by Crippen LogP contribution is 2.44. The Labute approximate surface area is 367 Å². The van der Waals surface area contributed by atoms with Crippen LogP contribution in [0.2, 0.25) is 0 Å². The highest BCUT2D eigenvalue weighted by Gasteiger charge is 2.44. The number of hydrogen-bond donors (Lipinski definition) is 6. The van der Waals surface area contributed by atoms with Gasteiger partial charge >= 0.3 is 18.2 Å². The maximum atomic E-state index is 14.1. The van der Waals surface area contributed by atoms with Crippen LogP contribution in [0.25, 0.3) is 21.6 Å². The molecule has 6 N–H and O–H groups in total. The number of aryl methyl sites for hydroxylation is 1. The summed E-state index contributed by atoms with van der Waals surface area (Å²) in [6, 6.07) is 23.9. The van der Waals surface area contributed by atoms with Crippen molar-refractivity contribution >= 4 is 41.6 Å². The monoisotopic (exact) mass is 876 g/mol. The summed E-state index contributed by atoms with van der Waals surface area (Å²) in [6.07, 6.45) is -3.36. The number of anilines is 1. The third-order valence-electron chi connectivity index (χ3n) is 10.9. The maximum absolute atomic E-state index is 14.1. The van der Waals surface area contributed by atoms with E-state index in [1.54, 1.807) is 24.3 Å². The average Bonchev–Trinajstić information content (AvgIpc) is 3.87. The van der Waals surface area contributed by atoms with Crippen LogP contribution in [-0.2, 0) is 46.4 Å². The fourth-order valence-electron chi connectivity index (χ4n) is 7.72. The van der Waals surface area contributed by atoms with Crippen molar-refractivity contribution in [3.63, 3.8) is 0 Å². The van der Waals surface area contributed by atoms with Crippen LogP contribution in [0.3, 0.4) is 0 Å². The van der Waals surface area contributed by atoms with E-state index in [-0.39, 0.29) is 56.4 Å². The number of likely N-dealkylation sites (tertiary alicyclic amines) is 1. The van der Waals surface area contributed by atoms with E-state index in [0.29, 0.717) is 5.56 Å². The Hall–Kier alpha value is -7.63. The van der Waals surface area contributed by atoms with Gasteiger partial charge in [0.25, 0.3) is 0 Å². The van der Waals surface area contributed by atoms with Crippen LogP contribution in [0.1, 0.15) is 47.9 Å². The Morgan fingerprint density at radius 1 is 0.875 bits per heavy atom. The Morgan fingerprint density at radius 3 is 2.20 bits per heavy atom.